The Morgan fingerprint density at radius 3 is 2.43 bits per heavy atom. The molecule has 118 valence electrons. The zero-order chi connectivity index (χ0) is 15.7. The quantitative estimate of drug-likeness (QED) is 0.707. The summed E-state index contributed by atoms with van der Waals surface area (Å²) in [6.07, 6.45) is 3.25. The van der Waals surface area contributed by atoms with Crippen molar-refractivity contribution in [1.29, 1.82) is 0 Å². The van der Waals surface area contributed by atoms with Gasteiger partial charge >= 0.3 is 0 Å². The molecule has 0 unspecified atom stereocenters. The lowest BCUT2D eigenvalue weighted by atomic mass is 10.4. The van der Waals surface area contributed by atoms with Crippen LogP contribution in [0.2, 0.25) is 5.02 Å². The van der Waals surface area contributed by atoms with Crippen LogP contribution in [0, 0.1) is 0 Å². The minimum atomic E-state index is -3.84. The van der Waals surface area contributed by atoms with E-state index in [1.807, 2.05) is 0 Å². The van der Waals surface area contributed by atoms with Gasteiger partial charge in [0.15, 0.2) is 9.84 Å². The van der Waals surface area contributed by atoms with Gasteiger partial charge < -0.3 is 5.32 Å². The summed E-state index contributed by atoms with van der Waals surface area (Å²) >= 11 is 5.87. The van der Waals surface area contributed by atoms with E-state index >= 15 is 0 Å². The van der Waals surface area contributed by atoms with Gasteiger partial charge in [-0.25, -0.2) is 21.6 Å². The topological polar surface area (TPSA) is 92.3 Å². The number of halogens is 1. The first-order valence-corrected chi connectivity index (χ1v) is 10.2. The largest absolute Gasteiger partial charge is 0.313 e. The highest BCUT2D eigenvalue weighted by Gasteiger charge is 2.22. The normalized spacial score (nSPS) is 16.1. The minimum absolute atomic E-state index is 0.00921. The summed E-state index contributed by atoms with van der Waals surface area (Å²) < 4.78 is 49.8. The van der Waals surface area contributed by atoms with Crippen LogP contribution in [0.3, 0.4) is 0 Å². The lowest BCUT2D eigenvalue weighted by Gasteiger charge is -2.10. The van der Waals surface area contributed by atoms with Crippen LogP contribution >= 0.6 is 11.6 Å². The lowest BCUT2D eigenvalue weighted by Crippen LogP contribution is -2.32. The molecule has 0 spiro atoms. The number of sulfone groups is 1. The zero-order valence-electron chi connectivity index (χ0n) is 11.5. The summed E-state index contributed by atoms with van der Waals surface area (Å²) in [6, 6.07) is 4.13. The van der Waals surface area contributed by atoms with Crippen LogP contribution in [0.15, 0.2) is 28.0 Å². The van der Waals surface area contributed by atoms with E-state index in [2.05, 4.69) is 10.0 Å². The first-order valence-electron chi connectivity index (χ1n) is 6.43. The highest BCUT2D eigenvalue weighted by molar-refractivity contribution is 7.91. The Labute approximate surface area is 129 Å². The molecule has 6 nitrogen and oxygen atoms in total. The summed E-state index contributed by atoms with van der Waals surface area (Å²) in [4.78, 5) is -0.304. The number of rotatable bonds is 7. The maximum absolute atomic E-state index is 12.2. The SMILES string of the molecule is CS(=O)(=O)c1ccc(Cl)c(S(=O)(=O)NCCNC2CC2)c1. The standard InChI is InChI=1S/C12H17ClN2O4S2/c1-20(16,17)10-4-5-11(13)12(8-10)21(18,19)15-7-6-14-9-2-3-9/h4-5,8-9,14-15H,2-3,6-7H2,1H3. The predicted octanol–water partition coefficient (Wildman–Crippen LogP) is 0.774. The second-order valence-corrected chi connectivity index (χ2v) is 9.15. The predicted molar refractivity (Wildman–Crippen MR) is 80.8 cm³/mol. The van der Waals surface area contributed by atoms with Crippen LogP contribution in [0.5, 0.6) is 0 Å². The van der Waals surface area contributed by atoms with Gasteiger partial charge in [0.1, 0.15) is 4.90 Å². The third-order valence-electron chi connectivity index (χ3n) is 3.05. The molecule has 0 radical (unpaired) electrons. The number of nitrogens with one attached hydrogen (secondary N) is 2. The molecular weight excluding hydrogens is 336 g/mol. The van der Waals surface area contributed by atoms with Gasteiger partial charge in [0.2, 0.25) is 10.0 Å². The highest BCUT2D eigenvalue weighted by Crippen LogP contribution is 2.24. The molecule has 0 amide bonds. The summed E-state index contributed by atoms with van der Waals surface area (Å²) in [5, 5.41) is 3.17. The third kappa shape index (κ3) is 4.65. The summed E-state index contributed by atoms with van der Waals surface area (Å²) in [5.74, 6) is 0. The van der Waals surface area contributed by atoms with Gasteiger partial charge in [-0.1, -0.05) is 11.6 Å². The van der Waals surface area contributed by atoms with Crippen molar-refractivity contribution in [3.63, 3.8) is 0 Å². The zero-order valence-corrected chi connectivity index (χ0v) is 13.9. The van der Waals surface area contributed by atoms with Crippen LogP contribution < -0.4 is 10.0 Å². The molecule has 1 aliphatic rings. The van der Waals surface area contributed by atoms with E-state index in [4.69, 9.17) is 11.6 Å². The number of benzene rings is 1. The molecule has 9 heteroatoms. The van der Waals surface area contributed by atoms with Crippen molar-refractivity contribution >= 4 is 31.5 Å². The molecule has 2 N–H and O–H groups in total. The fraction of sp³-hybridized carbons (Fsp3) is 0.500. The Hall–Kier alpha value is -0.670. The maximum Gasteiger partial charge on any atom is 0.242 e. The smallest absolute Gasteiger partial charge is 0.242 e. The van der Waals surface area contributed by atoms with E-state index in [1.54, 1.807) is 0 Å². The lowest BCUT2D eigenvalue weighted by molar-refractivity contribution is 0.575. The molecule has 1 aromatic rings. The van der Waals surface area contributed by atoms with Crippen LogP contribution in [0.25, 0.3) is 0 Å². The van der Waals surface area contributed by atoms with Crippen molar-refractivity contribution in [3.05, 3.63) is 23.2 Å². The Morgan fingerprint density at radius 2 is 1.86 bits per heavy atom. The number of hydrogen-bond donors (Lipinski definition) is 2. The van der Waals surface area contributed by atoms with Crippen molar-refractivity contribution in [2.75, 3.05) is 19.3 Å². The van der Waals surface area contributed by atoms with Crippen LogP contribution in [0.4, 0.5) is 0 Å². The number of sulfonamides is 1. The molecule has 1 saturated carbocycles. The molecule has 0 aliphatic heterocycles. The molecule has 0 aromatic heterocycles. The highest BCUT2D eigenvalue weighted by atomic mass is 35.5. The van der Waals surface area contributed by atoms with Crippen LogP contribution in [0.1, 0.15) is 12.8 Å². The van der Waals surface area contributed by atoms with E-state index in [0.29, 0.717) is 12.6 Å². The summed E-state index contributed by atoms with van der Waals surface area (Å²) in [5.41, 5.74) is 0. The first-order chi connectivity index (χ1) is 9.70. The van der Waals surface area contributed by atoms with Gasteiger partial charge in [-0.05, 0) is 31.0 Å². The van der Waals surface area contributed by atoms with Crippen molar-refractivity contribution in [1.82, 2.24) is 10.0 Å². The van der Waals surface area contributed by atoms with E-state index in [0.717, 1.165) is 25.2 Å². The maximum atomic E-state index is 12.2. The fourth-order valence-corrected chi connectivity index (χ4v) is 4.02. The first kappa shape index (κ1) is 16.7. The molecule has 1 aromatic carbocycles. The van der Waals surface area contributed by atoms with Gasteiger partial charge in [0.25, 0.3) is 0 Å². The van der Waals surface area contributed by atoms with Crippen molar-refractivity contribution < 1.29 is 16.8 Å². The van der Waals surface area contributed by atoms with Crippen molar-refractivity contribution in [3.8, 4) is 0 Å². The average molecular weight is 353 g/mol. The monoisotopic (exact) mass is 352 g/mol. The van der Waals surface area contributed by atoms with Crippen molar-refractivity contribution in [2.24, 2.45) is 0 Å². The van der Waals surface area contributed by atoms with E-state index in [1.165, 1.54) is 12.1 Å². The molecular formula is C12H17ClN2O4S2. The van der Waals surface area contributed by atoms with Gasteiger partial charge in [0, 0.05) is 25.4 Å². The van der Waals surface area contributed by atoms with Gasteiger partial charge in [0.05, 0.1) is 9.92 Å². The van der Waals surface area contributed by atoms with Crippen LogP contribution in [-0.2, 0) is 19.9 Å². The average Bonchev–Trinajstić information content (AvgIpc) is 3.17. The number of hydrogen-bond acceptors (Lipinski definition) is 5. The molecule has 0 bridgehead atoms. The molecule has 2 rings (SSSR count). The Bertz CT molecular complexity index is 728. The molecule has 0 heterocycles. The second kappa shape index (κ2) is 6.21. The molecule has 0 saturated heterocycles. The van der Waals surface area contributed by atoms with E-state index in [9.17, 15) is 16.8 Å². The Balaban J connectivity index is 2.13. The minimum Gasteiger partial charge on any atom is -0.313 e. The summed E-state index contributed by atoms with van der Waals surface area (Å²) in [7, 11) is -7.33. The van der Waals surface area contributed by atoms with E-state index < -0.39 is 19.9 Å². The summed E-state index contributed by atoms with van der Waals surface area (Å²) in [6.45, 7) is 0.742. The van der Waals surface area contributed by atoms with Crippen LogP contribution in [-0.4, -0.2) is 42.2 Å². The third-order valence-corrected chi connectivity index (χ3v) is 6.10. The molecule has 1 aliphatic carbocycles. The van der Waals surface area contributed by atoms with E-state index in [-0.39, 0.29) is 21.4 Å². The molecule has 21 heavy (non-hydrogen) atoms. The van der Waals surface area contributed by atoms with Gasteiger partial charge in [-0.3, -0.25) is 0 Å². The molecule has 1 fully saturated rings. The van der Waals surface area contributed by atoms with Gasteiger partial charge in [-0.2, -0.15) is 0 Å². The Kier molecular flexibility index (Phi) is 4.94. The second-order valence-electron chi connectivity index (χ2n) is 4.99. The fourth-order valence-electron chi connectivity index (χ4n) is 1.75. The molecule has 0 atom stereocenters. The Morgan fingerprint density at radius 1 is 1.19 bits per heavy atom. The van der Waals surface area contributed by atoms with Crippen molar-refractivity contribution in [2.45, 2.75) is 28.7 Å². The van der Waals surface area contributed by atoms with Gasteiger partial charge in [-0.15, -0.1) is 0 Å².